The SMILES string of the molecule is CC.CC.C[C@@H](CC#N)Nc1ccc(-c2cccc3c2NCCN3)cc1C(=N)C1CC1. The van der Waals surface area contributed by atoms with Crippen LogP contribution >= 0.6 is 0 Å². The van der Waals surface area contributed by atoms with Gasteiger partial charge < -0.3 is 21.4 Å². The molecule has 1 fully saturated rings. The molecule has 0 unspecified atom stereocenters. The van der Waals surface area contributed by atoms with E-state index in [-0.39, 0.29) is 6.04 Å². The first-order valence-electron chi connectivity index (χ1n) is 11.6. The lowest BCUT2D eigenvalue weighted by atomic mass is 9.95. The lowest BCUT2D eigenvalue weighted by molar-refractivity contribution is 0.820. The number of para-hydroxylation sites is 1. The Hall–Kier alpha value is -3.00. The molecule has 4 N–H and O–H groups in total. The highest BCUT2D eigenvalue weighted by Gasteiger charge is 2.29. The molecule has 0 aromatic heterocycles. The topological polar surface area (TPSA) is 83.7 Å². The zero-order chi connectivity index (χ0) is 22.8. The predicted octanol–water partition coefficient (Wildman–Crippen LogP) is 6.74. The maximum atomic E-state index is 8.95. The third-order valence-corrected chi connectivity index (χ3v) is 5.21. The molecule has 31 heavy (non-hydrogen) atoms. The summed E-state index contributed by atoms with van der Waals surface area (Å²) >= 11 is 0. The normalized spacial score (nSPS) is 14.6. The highest BCUT2D eigenvalue weighted by Crippen LogP contribution is 2.39. The lowest BCUT2D eigenvalue weighted by Gasteiger charge is -2.24. The van der Waals surface area contributed by atoms with Gasteiger partial charge in [0.05, 0.1) is 23.9 Å². The molecule has 2 aromatic rings. The summed E-state index contributed by atoms with van der Waals surface area (Å²) in [6, 6.07) is 14.9. The number of hydrogen-bond donors (Lipinski definition) is 4. The Morgan fingerprint density at radius 1 is 1.13 bits per heavy atom. The van der Waals surface area contributed by atoms with Crippen LogP contribution in [0.4, 0.5) is 17.1 Å². The first-order chi connectivity index (χ1) is 15.2. The number of nitriles is 1. The van der Waals surface area contributed by atoms with Crippen LogP contribution in [0.15, 0.2) is 36.4 Å². The van der Waals surface area contributed by atoms with Crippen molar-refractivity contribution in [2.24, 2.45) is 5.92 Å². The molecule has 1 atom stereocenters. The minimum Gasteiger partial charge on any atom is -0.382 e. The molecule has 0 saturated heterocycles. The van der Waals surface area contributed by atoms with Gasteiger partial charge in [-0.25, -0.2) is 0 Å². The number of nitrogens with zero attached hydrogens (tertiary/aromatic N) is 1. The van der Waals surface area contributed by atoms with Crippen molar-refractivity contribution in [1.82, 2.24) is 0 Å². The summed E-state index contributed by atoms with van der Waals surface area (Å²) < 4.78 is 0. The van der Waals surface area contributed by atoms with Crippen LogP contribution in [-0.4, -0.2) is 24.8 Å². The number of hydrogen-bond acceptors (Lipinski definition) is 5. The third kappa shape index (κ3) is 6.01. The number of fused-ring (bicyclic) bond motifs is 1. The Morgan fingerprint density at radius 2 is 1.84 bits per heavy atom. The van der Waals surface area contributed by atoms with Crippen molar-refractivity contribution < 1.29 is 0 Å². The molecule has 5 nitrogen and oxygen atoms in total. The summed E-state index contributed by atoms with van der Waals surface area (Å²) in [7, 11) is 0. The van der Waals surface area contributed by atoms with Crippen LogP contribution < -0.4 is 16.0 Å². The molecule has 1 aliphatic carbocycles. The van der Waals surface area contributed by atoms with E-state index in [2.05, 4.69) is 58.4 Å². The summed E-state index contributed by atoms with van der Waals surface area (Å²) in [5.74, 6) is 0.372. The minimum atomic E-state index is 0.0574. The standard InChI is InChI=1S/C22H25N5.2C2H6/c1-14(9-10-23)27-19-8-7-16(13-18(19)21(24)15-5-6-15)17-3-2-4-20-22(17)26-12-11-25-20;2*1-2/h2-4,7-8,13-15,24-27H,5-6,9,11-12H2,1H3;2*1-2H3/t14-;;/m0../s1. The Bertz CT molecular complexity index is 908. The van der Waals surface area contributed by atoms with E-state index in [0.717, 1.165) is 59.7 Å². The van der Waals surface area contributed by atoms with Crippen LogP contribution in [0.25, 0.3) is 11.1 Å². The van der Waals surface area contributed by atoms with Crippen molar-refractivity contribution >= 4 is 22.8 Å². The molecule has 1 aliphatic heterocycles. The zero-order valence-corrected chi connectivity index (χ0v) is 19.6. The Kier molecular flexibility index (Phi) is 9.40. The minimum absolute atomic E-state index is 0.0574. The smallest absolute Gasteiger partial charge is 0.0656 e. The molecule has 2 aromatic carbocycles. The summed E-state index contributed by atoms with van der Waals surface area (Å²) in [6.07, 6.45) is 2.64. The average molecular weight is 420 g/mol. The summed E-state index contributed by atoms with van der Waals surface area (Å²) in [5.41, 5.74) is 7.14. The predicted molar refractivity (Wildman–Crippen MR) is 134 cm³/mol. The molecule has 1 saturated carbocycles. The van der Waals surface area contributed by atoms with Crippen LogP contribution in [0, 0.1) is 22.7 Å². The molecule has 0 amide bonds. The van der Waals surface area contributed by atoms with Gasteiger partial charge in [-0.05, 0) is 43.5 Å². The quantitative estimate of drug-likeness (QED) is 0.391. The van der Waals surface area contributed by atoms with E-state index in [0.29, 0.717) is 18.1 Å². The highest BCUT2D eigenvalue weighted by atomic mass is 15.0. The Balaban J connectivity index is 0.000000807. The van der Waals surface area contributed by atoms with Gasteiger partial charge in [-0.2, -0.15) is 5.26 Å². The van der Waals surface area contributed by atoms with Gasteiger partial charge in [0.2, 0.25) is 0 Å². The molecule has 0 radical (unpaired) electrons. The average Bonchev–Trinajstić information content (AvgIpc) is 3.67. The molecule has 2 aliphatic rings. The van der Waals surface area contributed by atoms with Crippen LogP contribution in [0.1, 0.15) is 59.4 Å². The molecular formula is C26H37N5. The van der Waals surface area contributed by atoms with Crippen molar-refractivity contribution in [2.45, 2.75) is 59.9 Å². The van der Waals surface area contributed by atoms with Gasteiger partial charge in [0.25, 0.3) is 0 Å². The fourth-order valence-electron chi connectivity index (χ4n) is 3.62. The van der Waals surface area contributed by atoms with Crippen molar-refractivity contribution in [2.75, 3.05) is 29.0 Å². The fourth-order valence-corrected chi connectivity index (χ4v) is 3.62. The van der Waals surface area contributed by atoms with Crippen LogP contribution in [0.2, 0.25) is 0 Å². The molecule has 5 heteroatoms. The van der Waals surface area contributed by atoms with Gasteiger partial charge in [-0.1, -0.05) is 45.9 Å². The van der Waals surface area contributed by atoms with E-state index in [9.17, 15) is 0 Å². The van der Waals surface area contributed by atoms with E-state index in [1.165, 1.54) is 0 Å². The van der Waals surface area contributed by atoms with Crippen LogP contribution in [0.5, 0.6) is 0 Å². The van der Waals surface area contributed by atoms with Crippen molar-refractivity contribution in [3.05, 3.63) is 42.0 Å². The first-order valence-corrected chi connectivity index (χ1v) is 11.6. The zero-order valence-electron chi connectivity index (χ0n) is 19.6. The van der Waals surface area contributed by atoms with Gasteiger partial charge >= 0.3 is 0 Å². The van der Waals surface area contributed by atoms with Gasteiger partial charge in [-0.15, -0.1) is 0 Å². The van der Waals surface area contributed by atoms with E-state index >= 15 is 0 Å². The molecular weight excluding hydrogens is 382 g/mol. The second-order valence-electron chi connectivity index (χ2n) is 7.44. The second-order valence-corrected chi connectivity index (χ2v) is 7.44. The number of nitrogens with one attached hydrogen (secondary N) is 4. The number of benzene rings is 2. The molecule has 0 spiro atoms. The third-order valence-electron chi connectivity index (χ3n) is 5.21. The lowest BCUT2D eigenvalue weighted by Crippen LogP contribution is -2.21. The maximum absolute atomic E-state index is 8.95. The van der Waals surface area contributed by atoms with Gasteiger partial charge in [0.15, 0.2) is 0 Å². The van der Waals surface area contributed by atoms with Gasteiger partial charge in [-0.3, -0.25) is 0 Å². The van der Waals surface area contributed by atoms with E-state index < -0.39 is 0 Å². The fraction of sp³-hybridized carbons (Fsp3) is 0.462. The van der Waals surface area contributed by atoms with E-state index in [4.69, 9.17) is 10.7 Å². The largest absolute Gasteiger partial charge is 0.382 e. The maximum Gasteiger partial charge on any atom is 0.0656 e. The molecule has 0 bridgehead atoms. The number of anilines is 3. The molecule has 166 valence electrons. The second kappa shape index (κ2) is 12.0. The van der Waals surface area contributed by atoms with Crippen molar-refractivity contribution in [1.29, 1.82) is 10.7 Å². The van der Waals surface area contributed by atoms with Gasteiger partial charge in [0.1, 0.15) is 0 Å². The monoisotopic (exact) mass is 419 g/mol. The summed E-state index contributed by atoms with van der Waals surface area (Å²) in [5, 5.41) is 28.0. The van der Waals surface area contributed by atoms with Crippen LogP contribution in [-0.2, 0) is 0 Å². The van der Waals surface area contributed by atoms with E-state index in [1.54, 1.807) is 0 Å². The van der Waals surface area contributed by atoms with Crippen LogP contribution in [0.3, 0.4) is 0 Å². The van der Waals surface area contributed by atoms with E-state index in [1.807, 2.05) is 34.6 Å². The first kappa shape index (κ1) is 24.3. The highest BCUT2D eigenvalue weighted by molar-refractivity contribution is 6.07. The van der Waals surface area contributed by atoms with Crippen molar-refractivity contribution in [3.63, 3.8) is 0 Å². The Morgan fingerprint density at radius 3 is 2.52 bits per heavy atom. The number of rotatable bonds is 6. The Labute approximate surface area is 187 Å². The van der Waals surface area contributed by atoms with Gasteiger partial charge in [0, 0.05) is 47.6 Å². The van der Waals surface area contributed by atoms with Crippen molar-refractivity contribution in [3.8, 4) is 17.2 Å². The molecule has 4 rings (SSSR count). The summed E-state index contributed by atoms with van der Waals surface area (Å²) in [4.78, 5) is 0. The molecule has 1 heterocycles. The summed E-state index contributed by atoms with van der Waals surface area (Å²) in [6.45, 7) is 11.8.